The third-order valence-corrected chi connectivity index (χ3v) is 5.48. The van der Waals surface area contributed by atoms with E-state index >= 15 is 0 Å². The van der Waals surface area contributed by atoms with Crippen LogP contribution in [-0.2, 0) is 28.4 Å². The molecule has 0 radical (unpaired) electrons. The number of Topliss-reactive ketones (excluding diaryl/α,β-unsaturated/α-hetero) is 1. The molecule has 0 aliphatic carbocycles. The third kappa shape index (κ3) is 5.79. The first-order valence-corrected chi connectivity index (χ1v) is 10.3. The molecular formula is C23H19F3O3S. The molecular weight excluding hydrogens is 413 g/mol. The minimum Gasteiger partial charge on any atom is -0.457 e. The Balaban J connectivity index is 1.64. The van der Waals surface area contributed by atoms with Crippen LogP contribution in [0.25, 0.3) is 0 Å². The molecule has 30 heavy (non-hydrogen) atoms. The minimum absolute atomic E-state index is 0.0996. The maximum Gasteiger partial charge on any atom is 0.475 e. The van der Waals surface area contributed by atoms with Crippen molar-refractivity contribution in [2.75, 3.05) is 0 Å². The van der Waals surface area contributed by atoms with Crippen LogP contribution >= 0.6 is 0 Å². The molecule has 0 bridgehead atoms. The molecule has 3 rings (SSSR count). The van der Waals surface area contributed by atoms with E-state index in [1.165, 1.54) is 12.1 Å². The summed E-state index contributed by atoms with van der Waals surface area (Å²) in [5, 5.41) is 0. The summed E-state index contributed by atoms with van der Waals surface area (Å²) in [6.45, 7) is 1.83. The van der Waals surface area contributed by atoms with E-state index in [9.17, 15) is 22.2 Å². The molecule has 0 N–H and O–H groups in total. The second kappa shape index (κ2) is 9.26. The van der Waals surface area contributed by atoms with Crippen LogP contribution in [0.2, 0.25) is 0 Å². The zero-order valence-electron chi connectivity index (χ0n) is 16.1. The summed E-state index contributed by atoms with van der Waals surface area (Å²) in [7, 11) is -3.07. The van der Waals surface area contributed by atoms with Crippen LogP contribution < -0.4 is 4.74 Å². The number of ether oxygens (including phenoxy) is 1. The average Bonchev–Trinajstić information content (AvgIpc) is 2.70. The Bertz CT molecular complexity index is 1050. The van der Waals surface area contributed by atoms with E-state index in [1.54, 1.807) is 12.1 Å². The van der Waals surface area contributed by atoms with E-state index in [4.69, 9.17) is 4.74 Å². The van der Waals surface area contributed by atoms with Crippen LogP contribution in [0.4, 0.5) is 13.2 Å². The first kappa shape index (κ1) is 21.8. The standard InChI is InChI=1S/C23H19F3O3S/c1-16-13-18(15-19(27)14-17-5-3-2-4-6-17)7-12-22(16)29-20-8-10-21(11-9-20)30(28)23(24,25)26/h2-13H,14-15H2,1H3. The van der Waals surface area contributed by atoms with Crippen LogP contribution in [0.1, 0.15) is 16.7 Å². The Morgan fingerprint density at radius 1 is 0.900 bits per heavy atom. The predicted molar refractivity (Wildman–Crippen MR) is 109 cm³/mol. The molecule has 3 aromatic carbocycles. The van der Waals surface area contributed by atoms with Crippen molar-refractivity contribution in [1.82, 2.24) is 0 Å². The minimum atomic E-state index is -4.80. The summed E-state index contributed by atoms with van der Waals surface area (Å²) in [5.41, 5.74) is -2.18. The van der Waals surface area contributed by atoms with Crippen molar-refractivity contribution < 1.29 is 26.9 Å². The summed E-state index contributed by atoms with van der Waals surface area (Å²) >= 11 is 0. The lowest BCUT2D eigenvalue weighted by molar-refractivity contribution is -0.117. The maximum absolute atomic E-state index is 12.5. The number of benzene rings is 3. The molecule has 0 saturated heterocycles. The molecule has 0 spiro atoms. The van der Waals surface area contributed by atoms with Gasteiger partial charge in [-0.2, -0.15) is 13.2 Å². The lowest BCUT2D eigenvalue weighted by Crippen LogP contribution is -2.15. The number of halogens is 3. The number of carbonyl (C=O) groups is 1. The Kier molecular flexibility index (Phi) is 6.72. The Labute approximate surface area is 175 Å². The quantitative estimate of drug-likeness (QED) is 0.476. The van der Waals surface area contributed by atoms with Gasteiger partial charge in [0.25, 0.3) is 0 Å². The number of carbonyl (C=O) groups excluding carboxylic acids is 1. The molecule has 0 aromatic heterocycles. The highest BCUT2D eigenvalue weighted by atomic mass is 32.2. The molecule has 156 valence electrons. The second-order valence-corrected chi connectivity index (χ2v) is 8.24. The van der Waals surface area contributed by atoms with Gasteiger partial charge in [0.1, 0.15) is 17.3 Å². The van der Waals surface area contributed by atoms with Gasteiger partial charge >= 0.3 is 5.51 Å². The van der Waals surface area contributed by atoms with Gasteiger partial charge in [0, 0.05) is 17.7 Å². The normalized spacial score (nSPS) is 12.4. The van der Waals surface area contributed by atoms with Crippen LogP contribution in [0.5, 0.6) is 11.5 Å². The van der Waals surface area contributed by atoms with E-state index in [-0.39, 0.29) is 10.7 Å². The van der Waals surface area contributed by atoms with Crippen LogP contribution in [-0.4, -0.2) is 15.5 Å². The lowest BCUT2D eigenvalue weighted by Gasteiger charge is -2.11. The molecule has 0 fully saturated rings. The van der Waals surface area contributed by atoms with Gasteiger partial charge in [-0.15, -0.1) is 0 Å². The lowest BCUT2D eigenvalue weighted by atomic mass is 10.0. The summed E-state index contributed by atoms with van der Waals surface area (Å²) in [6, 6.07) is 19.8. The molecule has 0 amide bonds. The Morgan fingerprint density at radius 3 is 2.13 bits per heavy atom. The monoisotopic (exact) mass is 432 g/mol. The Hall–Kier alpha value is -2.93. The predicted octanol–water partition coefficient (Wildman–Crippen LogP) is 5.77. The van der Waals surface area contributed by atoms with Crippen LogP contribution in [0.3, 0.4) is 0 Å². The molecule has 0 aliphatic rings. The summed E-state index contributed by atoms with van der Waals surface area (Å²) < 4.78 is 54.7. The molecule has 1 atom stereocenters. The van der Waals surface area contributed by atoms with Gasteiger partial charge < -0.3 is 4.74 Å². The summed E-state index contributed by atoms with van der Waals surface area (Å²) in [5.74, 6) is 0.954. The van der Waals surface area contributed by atoms with Crippen molar-refractivity contribution in [2.45, 2.75) is 30.2 Å². The van der Waals surface area contributed by atoms with Gasteiger partial charge in [-0.3, -0.25) is 4.79 Å². The zero-order chi connectivity index (χ0) is 21.7. The molecule has 3 aromatic rings. The largest absolute Gasteiger partial charge is 0.475 e. The average molecular weight is 432 g/mol. The van der Waals surface area contributed by atoms with Gasteiger partial charge in [-0.05, 0) is 53.9 Å². The zero-order valence-corrected chi connectivity index (χ0v) is 16.9. The third-order valence-electron chi connectivity index (χ3n) is 4.36. The maximum atomic E-state index is 12.5. The molecule has 1 unspecified atom stereocenters. The fourth-order valence-corrected chi connectivity index (χ4v) is 3.59. The van der Waals surface area contributed by atoms with Crippen molar-refractivity contribution in [2.24, 2.45) is 0 Å². The number of rotatable bonds is 7. The highest BCUT2D eigenvalue weighted by Gasteiger charge is 2.37. The van der Waals surface area contributed by atoms with Gasteiger partial charge in [-0.1, -0.05) is 42.5 Å². The highest BCUT2D eigenvalue weighted by molar-refractivity contribution is 7.86. The smallest absolute Gasteiger partial charge is 0.457 e. The van der Waals surface area contributed by atoms with Gasteiger partial charge in [-0.25, -0.2) is 4.21 Å². The molecule has 0 heterocycles. The SMILES string of the molecule is Cc1cc(CC(=O)Cc2ccccc2)ccc1Oc1ccc(S(=O)C(F)(F)F)cc1. The molecule has 3 nitrogen and oxygen atoms in total. The number of ketones is 1. The van der Waals surface area contributed by atoms with Gasteiger partial charge in [0.05, 0.1) is 0 Å². The fraction of sp³-hybridized carbons (Fsp3) is 0.174. The second-order valence-electron chi connectivity index (χ2n) is 6.77. The van der Waals surface area contributed by atoms with Crippen molar-refractivity contribution in [1.29, 1.82) is 0 Å². The van der Waals surface area contributed by atoms with Gasteiger partial charge in [0.15, 0.2) is 10.8 Å². The number of hydrogen-bond donors (Lipinski definition) is 0. The van der Waals surface area contributed by atoms with Crippen molar-refractivity contribution in [3.8, 4) is 11.5 Å². The van der Waals surface area contributed by atoms with Crippen molar-refractivity contribution in [3.05, 3.63) is 89.5 Å². The fourth-order valence-electron chi connectivity index (χ4n) is 2.94. The van der Waals surface area contributed by atoms with Gasteiger partial charge in [0.2, 0.25) is 0 Å². The van der Waals surface area contributed by atoms with E-state index < -0.39 is 16.3 Å². The van der Waals surface area contributed by atoms with Crippen LogP contribution in [0.15, 0.2) is 77.7 Å². The van der Waals surface area contributed by atoms with E-state index in [0.717, 1.165) is 28.8 Å². The molecule has 7 heteroatoms. The van der Waals surface area contributed by atoms with E-state index in [2.05, 4.69) is 0 Å². The van der Waals surface area contributed by atoms with E-state index in [1.807, 2.05) is 43.3 Å². The summed E-state index contributed by atoms with van der Waals surface area (Å²) in [6.07, 6.45) is 0.664. The number of hydrogen-bond acceptors (Lipinski definition) is 3. The molecule has 0 saturated carbocycles. The van der Waals surface area contributed by atoms with Crippen molar-refractivity contribution >= 4 is 16.6 Å². The first-order chi connectivity index (χ1) is 14.2. The van der Waals surface area contributed by atoms with E-state index in [0.29, 0.717) is 24.3 Å². The van der Waals surface area contributed by atoms with Crippen LogP contribution in [0, 0.1) is 6.92 Å². The molecule has 0 aliphatic heterocycles. The first-order valence-electron chi connectivity index (χ1n) is 9.14. The highest BCUT2D eigenvalue weighted by Crippen LogP contribution is 2.30. The Morgan fingerprint density at radius 2 is 1.53 bits per heavy atom. The van der Waals surface area contributed by atoms with Crippen molar-refractivity contribution in [3.63, 3.8) is 0 Å². The number of alkyl halides is 3. The summed E-state index contributed by atoms with van der Waals surface area (Å²) in [4.78, 5) is 12.0. The number of aryl methyl sites for hydroxylation is 1. The topological polar surface area (TPSA) is 43.4 Å².